The molecular formula is C23H28N4O3S. The number of carbonyl (C=O) groups excluding carboxylic acids is 3. The molecule has 0 saturated carbocycles. The zero-order valence-corrected chi connectivity index (χ0v) is 18.6. The van der Waals surface area contributed by atoms with E-state index in [9.17, 15) is 14.4 Å². The highest BCUT2D eigenvalue weighted by Crippen LogP contribution is 2.24. The average Bonchev–Trinajstić information content (AvgIpc) is 3.25. The molecule has 1 saturated heterocycles. The van der Waals surface area contributed by atoms with Gasteiger partial charge in [0.2, 0.25) is 11.8 Å². The maximum atomic E-state index is 12.6. The summed E-state index contributed by atoms with van der Waals surface area (Å²) in [5.41, 5.74) is 3.09. The first kappa shape index (κ1) is 21.4. The van der Waals surface area contributed by atoms with E-state index in [1.165, 1.54) is 10.4 Å². The highest BCUT2D eigenvalue weighted by atomic mass is 32.1. The molecule has 2 aliphatic heterocycles. The van der Waals surface area contributed by atoms with Gasteiger partial charge in [-0.25, -0.2) is 4.79 Å². The molecule has 1 aromatic carbocycles. The molecule has 8 heteroatoms. The van der Waals surface area contributed by atoms with E-state index in [4.69, 9.17) is 0 Å². The van der Waals surface area contributed by atoms with Crippen LogP contribution in [0.3, 0.4) is 0 Å². The predicted molar refractivity (Wildman–Crippen MR) is 121 cm³/mol. The monoisotopic (exact) mass is 440 g/mol. The Balaban J connectivity index is 1.19. The molecule has 0 atom stereocenters. The van der Waals surface area contributed by atoms with Crippen molar-refractivity contribution in [2.45, 2.75) is 32.7 Å². The molecule has 2 aromatic rings. The van der Waals surface area contributed by atoms with Crippen LogP contribution in [0.5, 0.6) is 0 Å². The van der Waals surface area contributed by atoms with Crippen LogP contribution in [0.2, 0.25) is 0 Å². The molecule has 4 amide bonds. The molecule has 0 radical (unpaired) electrons. The minimum atomic E-state index is -0.147. The second-order valence-corrected chi connectivity index (χ2v) is 9.10. The number of nitrogens with one attached hydrogen (secondary N) is 1. The lowest BCUT2D eigenvalue weighted by atomic mass is 10.1. The van der Waals surface area contributed by atoms with Crippen LogP contribution < -0.4 is 5.32 Å². The van der Waals surface area contributed by atoms with Crippen LogP contribution in [0.1, 0.15) is 28.8 Å². The number of hydrogen-bond donors (Lipinski definition) is 1. The molecule has 164 valence electrons. The lowest BCUT2D eigenvalue weighted by Crippen LogP contribution is -2.51. The smallest absolute Gasteiger partial charge is 0.321 e. The van der Waals surface area contributed by atoms with E-state index >= 15 is 0 Å². The lowest BCUT2D eigenvalue weighted by molar-refractivity contribution is -0.138. The van der Waals surface area contributed by atoms with Crippen LogP contribution in [0.25, 0.3) is 0 Å². The van der Waals surface area contributed by atoms with Gasteiger partial charge in [-0.05, 0) is 48.1 Å². The summed E-state index contributed by atoms with van der Waals surface area (Å²) in [6.07, 6.45) is 1.37. The number of rotatable bonds is 4. The van der Waals surface area contributed by atoms with Gasteiger partial charge >= 0.3 is 6.03 Å². The van der Waals surface area contributed by atoms with E-state index in [1.807, 2.05) is 36.1 Å². The molecule has 0 unspecified atom stereocenters. The van der Waals surface area contributed by atoms with Crippen LogP contribution in [-0.2, 0) is 22.6 Å². The van der Waals surface area contributed by atoms with Crippen molar-refractivity contribution in [2.75, 3.05) is 38.0 Å². The van der Waals surface area contributed by atoms with E-state index in [2.05, 4.69) is 16.8 Å². The first-order valence-electron chi connectivity index (χ1n) is 10.7. The Labute approximate surface area is 186 Å². The standard InChI is InChI=1S/C23H28N4O3S/c1-17-3-2-4-19(15-17)24-23(30)26-12-10-25(11-13-26)21(28)5-6-22(29)27-9-7-20-18(16-27)8-14-31-20/h2-4,8,14-15H,5-7,9-13,16H2,1H3,(H,24,30). The average molecular weight is 441 g/mol. The van der Waals surface area contributed by atoms with Gasteiger partial charge in [0, 0.05) is 62.7 Å². The van der Waals surface area contributed by atoms with Gasteiger partial charge < -0.3 is 20.0 Å². The zero-order chi connectivity index (χ0) is 21.8. The Morgan fingerprint density at radius 2 is 1.65 bits per heavy atom. The van der Waals surface area contributed by atoms with E-state index in [0.29, 0.717) is 32.7 Å². The number of aryl methyl sites for hydroxylation is 1. The van der Waals surface area contributed by atoms with Gasteiger partial charge in [0.15, 0.2) is 0 Å². The van der Waals surface area contributed by atoms with Gasteiger partial charge in [-0.1, -0.05) is 12.1 Å². The first-order valence-corrected chi connectivity index (χ1v) is 11.6. The van der Waals surface area contributed by atoms with Crippen LogP contribution >= 0.6 is 11.3 Å². The maximum Gasteiger partial charge on any atom is 0.321 e. The topological polar surface area (TPSA) is 73.0 Å². The Kier molecular flexibility index (Phi) is 6.56. The number of thiophene rings is 1. The van der Waals surface area contributed by atoms with Gasteiger partial charge in [-0.2, -0.15) is 0 Å². The SMILES string of the molecule is Cc1cccc(NC(=O)N2CCN(C(=O)CCC(=O)N3CCc4sccc4C3)CC2)c1. The second kappa shape index (κ2) is 9.51. The van der Waals surface area contributed by atoms with Crippen molar-refractivity contribution in [3.63, 3.8) is 0 Å². The Bertz CT molecular complexity index is 965. The number of piperazine rings is 1. The van der Waals surface area contributed by atoms with E-state index in [-0.39, 0.29) is 30.7 Å². The van der Waals surface area contributed by atoms with Crippen LogP contribution in [0.15, 0.2) is 35.7 Å². The molecule has 4 rings (SSSR count). The molecule has 31 heavy (non-hydrogen) atoms. The van der Waals surface area contributed by atoms with Crippen LogP contribution in [0, 0.1) is 6.92 Å². The normalized spacial score (nSPS) is 16.1. The molecule has 7 nitrogen and oxygen atoms in total. The van der Waals surface area contributed by atoms with Crippen LogP contribution in [0.4, 0.5) is 10.5 Å². The minimum absolute atomic E-state index is 0.0136. The number of urea groups is 1. The summed E-state index contributed by atoms with van der Waals surface area (Å²) >= 11 is 1.75. The molecule has 1 aromatic heterocycles. The van der Waals surface area contributed by atoms with E-state index in [0.717, 1.165) is 24.2 Å². The first-order chi connectivity index (χ1) is 15.0. The Morgan fingerprint density at radius 3 is 2.39 bits per heavy atom. The van der Waals surface area contributed by atoms with Crippen LogP contribution in [-0.4, -0.2) is 65.3 Å². The third-order valence-electron chi connectivity index (χ3n) is 5.90. The van der Waals surface area contributed by atoms with Crippen molar-refractivity contribution >= 4 is 34.9 Å². The third kappa shape index (κ3) is 5.25. The number of benzene rings is 1. The van der Waals surface area contributed by atoms with Crippen molar-refractivity contribution in [2.24, 2.45) is 0 Å². The summed E-state index contributed by atoms with van der Waals surface area (Å²) in [7, 11) is 0. The number of anilines is 1. The predicted octanol–water partition coefficient (Wildman–Crippen LogP) is 3.10. The number of amides is 4. The summed E-state index contributed by atoms with van der Waals surface area (Å²) < 4.78 is 0. The summed E-state index contributed by atoms with van der Waals surface area (Å²) in [6, 6.07) is 9.62. The summed E-state index contributed by atoms with van der Waals surface area (Å²) in [6.45, 7) is 5.34. The fourth-order valence-corrected chi connectivity index (χ4v) is 4.97. The van der Waals surface area contributed by atoms with Gasteiger partial charge in [0.25, 0.3) is 0 Å². The zero-order valence-electron chi connectivity index (χ0n) is 17.8. The molecule has 2 aliphatic rings. The Morgan fingerprint density at radius 1 is 0.935 bits per heavy atom. The minimum Gasteiger partial charge on any atom is -0.339 e. The molecule has 1 fully saturated rings. The van der Waals surface area contributed by atoms with Crippen molar-refractivity contribution in [1.82, 2.24) is 14.7 Å². The summed E-state index contributed by atoms with van der Waals surface area (Å²) in [5, 5.41) is 4.98. The van der Waals surface area contributed by atoms with E-state index in [1.54, 1.807) is 21.1 Å². The number of fused-ring (bicyclic) bond motifs is 1. The fourth-order valence-electron chi connectivity index (χ4n) is 4.08. The lowest BCUT2D eigenvalue weighted by Gasteiger charge is -2.35. The Hall–Kier alpha value is -2.87. The summed E-state index contributed by atoms with van der Waals surface area (Å²) in [4.78, 5) is 44.3. The van der Waals surface area contributed by atoms with Gasteiger partial charge in [-0.3, -0.25) is 9.59 Å². The maximum absolute atomic E-state index is 12.6. The number of carbonyl (C=O) groups is 3. The van der Waals surface area contributed by atoms with Crippen molar-refractivity contribution in [1.29, 1.82) is 0 Å². The van der Waals surface area contributed by atoms with Crippen molar-refractivity contribution in [3.8, 4) is 0 Å². The van der Waals surface area contributed by atoms with Gasteiger partial charge in [0.1, 0.15) is 0 Å². The largest absolute Gasteiger partial charge is 0.339 e. The number of nitrogens with zero attached hydrogens (tertiary/aromatic N) is 3. The number of hydrogen-bond acceptors (Lipinski definition) is 4. The molecular weight excluding hydrogens is 412 g/mol. The van der Waals surface area contributed by atoms with Crippen molar-refractivity contribution in [3.05, 3.63) is 51.7 Å². The molecule has 0 spiro atoms. The van der Waals surface area contributed by atoms with Crippen molar-refractivity contribution < 1.29 is 14.4 Å². The van der Waals surface area contributed by atoms with E-state index < -0.39 is 0 Å². The quantitative estimate of drug-likeness (QED) is 0.794. The van der Waals surface area contributed by atoms with Gasteiger partial charge in [-0.15, -0.1) is 11.3 Å². The third-order valence-corrected chi connectivity index (χ3v) is 6.93. The molecule has 0 bridgehead atoms. The highest BCUT2D eigenvalue weighted by molar-refractivity contribution is 7.10. The molecule has 1 N–H and O–H groups in total. The second-order valence-electron chi connectivity index (χ2n) is 8.10. The highest BCUT2D eigenvalue weighted by Gasteiger charge is 2.26. The summed E-state index contributed by atoms with van der Waals surface area (Å²) in [5.74, 6) is 0.0293. The molecule has 3 heterocycles. The fraction of sp³-hybridized carbons (Fsp3) is 0.435. The molecule has 0 aliphatic carbocycles. The van der Waals surface area contributed by atoms with Gasteiger partial charge in [0.05, 0.1) is 0 Å².